The lowest BCUT2D eigenvalue weighted by Crippen LogP contribution is -2.35. The van der Waals surface area contributed by atoms with Gasteiger partial charge in [0.25, 0.3) is 0 Å². The SMILES string of the molecule is CC(=O)C(C)(C)[C@@H]1CC=C(C)[C@@H](O)C1. The lowest BCUT2D eigenvalue weighted by molar-refractivity contribution is -0.128. The van der Waals surface area contributed by atoms with Crippen molar-refractivity contribution < 1.29 is 9.90 Å². The van der Waals surface area contributed by atoms with Crippen LogP contribution in [0.5, 0.6) is 0 Å². The molecular formula is C12H20O2. The van der Waals surface area contributed by atoms with Crippen molar-refractivity contribution >= 4 is 5.78 Å². The largest absolute Gasteiger partial charge is 0.389 e. The molecule has 2 atom stereocenters. The Kier molecular flexibility index (Phi) is 3.15. The molecule has 0 heterocycles. The highest BCUT2D eigenvalue weighted by Crippen LogP contribution is 2.38. The molecule has 0 saturated heterocycles. The van der Waals surface area contributed by atoms with Crippen molar-refractivity contribution in [3.05, 3.63) is 11.6 Å². The maximum Gasteiger partial charge on any atom is 0.135 e. The van der Waals surface area contributed by atoms with E-state index in [1.165, 1.54) is 0 Å². The van der Waals surface area contributed by atoms with Gasteiger partial charge in [0.15, 0.2) is 0 Å². The van der Waals surface area contributed by atoms with Crippen LogP contribution in [-0.2, 0) is 4.79 Å². The van der Waals surface area contributed by atoms with E-state index in [0.717, 1.165) is 18.4 Å². The first kappa shape index (κ1) is 11.4. The van der Waals surface area contributed by atoms with Crippen molar-refractivity contribution in [1.82, 2.24) is 0 Å². The monoisotopic (exact) mass is 196 g/mol. The van der Waals surface area contributed by atoms with Crippen molar-refractivity contribution in [3.8, 4) is 0 Å². The minimum absolute atomic E-state index is 0.211. The molecule has 0 fully saturated rings. The second-order valence-electron chi connectivity index (χ2n) is 4.91. The summed E-state index contributed by atoms with van der Waals surface area (Å²) in [6.07, 6.45) is 3.33. The van der Waals surface area contributed by atoms with E-state index >= 15 is 0 Å². The number of aliphatic hydroxyl groups excluding tert-OH is 1. The third-order valence-electron chi connectivity index (χ3n) is 3.69. The molecule has 2 nitrogen and oxygen atoms in total. The molecule has 0 saturated carbocycles. The van der Waals surface area contributed by atoms with E-state index in [1.54, 1.807) is 6.92 Å². The van der Waals surface area contributed by atoms with Gasteiger partial charge in [-0.3, -0.25) is 4.79 Å². The minimum atomic E-state index is -0.354. The molecule has 0 radical (unpaired) electrons. The van der Waals surface area contributed by atoms with Crippen LogP contribution in [0.1, 0.15) is 40.5 Å². The van der Waals surface area contributed by atoms with Crippen LogP contribution in [0.15, 0.2) is 11.6 Å². The Morgan fingerprint density at radius 1 is 1.57 bits per heavy atom. The normalized spacial score (nSPS) is 28.5. The summed E-state index contributed by atoms with van der Waals surface area (Å²) in [4.78, 5) is 11.5. The number of Topliss-reactive ketones (excluding diaryl/α,β-unsaturated/α-hetero) is 1. The second-order valence-corrected chi connectivity index (χ2v) is 4.91. The number of hydrogen-bond donors (Lipinski definition) is 1. The van der Waals surface area contributed by atoms with E-state index in [-0.39, 0.29) is 23.2 Å². The Morgan fingerprint density at radius 2 is 2.14 bits per heavy atom. The molecule has 0 aromatic heterocycles. The quantitative estimate of drug-likeness (QED) is 0.688. The predicted octanol–water partition coefficient (Wildman–Crippen LogP) is 2.32. The first-order valence-corrected chi connectivity index (χ1v) is 5.21. The molecule has 1 N–H and O–H groups in total. The van der Waals surface area contributed by atoms with E-state index in [2.05, 4.69) is 6.08 Å². The first-order valence-electron chi connectivity index (χ1n) is 5.21. The summed E-state index contributed by atoms with van der Waals surface area (Å²) in [5.74, 6) is 0.487. The number of hydrogen-bond acceptors (Lipinski definition) is 2. The predicted molar refractivity (Wildman–Crippen MR) is 56.9 cm³/mol. The average molecular weight is 196 g/mol. The average Bonchev–Trinajstić information content (AvgIpc) is 2.09. The van der Waals surface area contributed by atoms with Gasteiger partial charge in [-0.25, -0.2) is 0 Å². The van der Waals surface area contributed by atoms with Crippen molar-refractivity contribution in [2.75, 3.05) is 0 Å². The van der Waals surface area contributed by atoms with Crippen molar-refractivity contribution in [1.29, 1.82) is 0 Å². The summed E-state index contributed by atoms with van der Waals surface area (Å²) in [6.45, 7) is 7.53. The Morgan fingerprint density at radius 3 is 2.57 bits per heavy atom. The Labute approximate surface area is 86.0 Å². The summed E-state index contributed by atoms with van der Waals surface area (Å²) in [7, 11) is 0. The molecule has 14 heavy (non-hydrogen) atoms. The van der Waals surface area contributed by atoms with Crippen LogP contribution in [-0.4, -0.2) is 17.0 Å². The van der Waals surface area contributed by atoms with Crippen LogP contribution in [0.4, 0.5) is 0 Å². The van der Waals surface area contributed by atoms with E-state index in [9.17, 15) is 9.90 Å². The zero-order chi connectivity index (χ0) is 10.9. The molecular weight excluding hydrogens is 176 g/mol. The van der Waals surface area contributed by atoms with Gasteiger partial charge in [-0.05, 0) is 38.2 Å². The van der Waals surface area contributed by atoms with Gasteiger partial charge >= 0.3 is 0 Å². The van der Waals surface area contributed by atoms with Crippen molar-refractivity contribution in [2.45, 2.75) is 46.6 Å². The number of carbonyl (C=O) groups is 1. The third-order valence-corrected chi connectivity index (χ3v) is 3.69. The molecule has 0 spiro atoms. The molecule has 0 aromatic rings. The molecule has 1 aliphatic carbocycles. The summed E-state index contributed by atoms with van der Waals surface area (Å²) >= 11 is 0. The van der Waals surface area contributed by atoms with Crippen LogP contribution in [0.25, 0.3) is 0 Å². The molecule has 0 aliphatic heterocycles. The van der Waals surface area contributed by atoms with Gasteiger partial charge in [-0.15, -0.1) is 0 Å². The minimum Gasteiger partial charge on any atom is -0.389 e. The van der Waals surface area contributed by atoms with Gasteiger partial charge in [0.2, 0.25) is 0 Å². The highest BCUT2D eigenvalue weighted by Gasteiger charge is 2.36. The summed E-state index contributed by atoms with van der Waals surface area (Å²) < 4.78 is 0. The van der Waals surface area contributed by atoms with Gasteiger partial charge in [0, 0.05) is 5.41 Å². The highest BCUT2D eigenvalue weighted by molar-refractivity contribution is 5.81. The second kappa shape index (κ2) is 3.85. The Balaban J connectivity index is 2.79. The van der Waals surface area contributed by atoms with E-state index < -0.39 is 0 Å². The van der Waals surface area contributed by atoms with Gasteiger partial charge in [0.1, 0.15) is 5.78 Å². The molecule has 0 aromatic carbocycles. The number of rotatable bonds is 2. The lowest BCUT2D eigenvalue weighted by atomic mass is 9.69. The smallest absolute Gasteiger partial charge is 0.135 e. The fraction of sp³-hybridized carbons (Fsp3) is 0.750. The third kappa shape index (κ3) is 2.06. The standard InChI is InChI=1S/C12H20O2/c1-8-5-6-10(7-11(8)14)12(3,4)9(2)13/h5,10-11,14H,6-7H2,1-4H3/t10-,11+/m1/s1. The van der Waals surface area contributed by atoms with Crippen LogP contribution in [0.2, 0.25) is 0 Å². The fourth-order valence-corrected chi connectivity index (χ4v) is 1.89. The molecule has 0 unspecified atom stereocenters. The number of carbonyl (C=O) groups excluding carboxylic acids is 1. The molecule has 1 aliphatic rings. The van der Waals surface area contributed by atoms with Gasteiger partial charge < -0.3 is 5.11 Å². The van der Waals surface area contributed by atoms with Crippen LogP contribution in [0.3, 0.4) is 0 Å². The number of allylic oxidation sites excluding steroid dienone is 1. The zero-order valence-electron chi connectivity index (χ0n) is 9.50. The van der Waals surface area contributed by atoms with Gasteiger partial charge in [-0.1, -0.05) is 19.9 Å². The van der Waals surface area contributed by atoms with Gasteiger partial charge in [0.05, 0.1) is 6.10 Å². The molecule has 2 heteroatoms. The Hall–Kier alpha value is -0.630. The number of aliphatic hydroxyl groups is 1. The Bertz CT molecular complexity index is 263. The zero-order valence-corrected chi connectivity index (χ0v) is 9.50. The molecule has 1 rings (SSSR count). The molecule has 80 valence electrons. The topological polar surface area (TPSA) is 37.3 Å². The van der Waals surface area contributed by atoms with E-state index in [1.807, 2.05) is 20.8 Å². The first-order chi connectivity index (χ1) is 6.35. The highest BCUT2D eigenvalue weighted by atomic mass is 16.3. The van der Waals surface area contributed by atoms with Crippen LogP contribution < -0.4 is 0 Å². The van der Waals surface area contributed by atoms with E-state index in [4.69, 9.17) is 0 Å². The summed E-state index contributed by atoms with van der Waals surface area (Å²) in [6, 6.07) is 0. The molecule has 0 amide bonds. The summed E-state index contributed by atoms with van der Waals surface area (Å²) in [5.41, 5.74) is 0.735. The molecule has 0 bridgehead atoms. The maximum atomic E-state index is 11.5. The van der Waals surface area contributed by atoms with Crippen molar-refractivity contribution in [2.24, 2.45) is 11.3 Å². The number of ketones is 1. The van der Waals surface area contributed by atoms with Gasteiger partial charge in [-0.2, -0.15) is 0 Å². The van der Waals surface area contributed by atoms with Crippen LogP contribution >= 0.6 is 0 Å². The lowest BCUT2D eigenvalue weighted by Gasteiger charge is -2.35. The maximum absolute atomic E-state index is 11.5. The fourth-order valence-electron chi connectivity index (χ4n) is 1.89. The van der Waals surface area contributed by atoms with Crippen LogP contribution in [0, 0.1) is 11.3 Å². The van der Waals surface area contributed by atoms with Crippen molar-refractivity contribution in [3.63, 3.8) is 0 Å². The summed E-state index contributed by atoms with van der Waals surface area (Å²) in [5, 5.41) is 9.71. The van der Waals surface area contributed by atoms with E-state index in [0.29, 0.717) is 0 Å².